The Morgan fingerprint density at radius 1 is 1.22 bits per heavy atom. The summed E-state index contributed by atoms with van der Waals surface area (Å²) in [5.74, 6) is -0.0927. The first-order valence-electron chi connectivity index (χ1n) is 5.92. The summed E-state index contributed by atoms with van der Waals surface area (Å²) >= 11 is 0. The van der Waals surface area contributed by atoms with Crippen LogP contribution in [0.1, 0.15) is 44.9 Å². The summed E-state index contributed by atoms with van der Waals surface area (Å²) in [5, 5.41) is 0. The summed E-state index contributed by atoms with van der Waals surface area (Å²) in [6.07, 6.45) is -1.97. The number of hydrogen-bond donors (Lipinski definition) is 0. The zero-order valence-corrected chi connectivity index (χ0v) is 10.6. The van der Waals surface area contributed by atoms with E-state index in [0.717, 1.165) is 19.0 Å². The molecule has 2 rings (SSSR count). The second kappa shape index (κ2) is 4.14. The van der Waals surface area contributed by atoms with Gasteiger partial charge in [-0.2, -0.15) is 13.2 Å². The number of pyridine rings is 1. The molecule has 0 aromatic carbocycles. The lowest BCUT2D eigenvalue weighted by Crippen LogP contribution is -2.17. The van der Waals surface area contributed by atoms with Crippen LogP contribution in [0.3, 0.4) is 0 Å². The molecule has 5 heteroatoms. The van der Waals surface area contributed by atoms with Gasteiger partial charge in [0.2, 0.25) is 0 Å². The number of hydrogen-bond acceptors (Lipinski definition) is 2. The van der Waals surface area contributed by atoms with Crippen LogP contribution in [0.4, 0.5) is 13.2 Å². The molecule has 0 spiro atoms. The predicted octanol–water partition coefficient (Wildman–Crippen LogP) is 3.94. The molecular weight excluding hydrogens is 243 g/mol. The lowest BCUT2D eigenvalue weighted by molar-refractivity contribution is -0.139. The van der Waals surface area contributed by atoms with Gasteiger partial charge in [-0.1, -0.05) is 20.8 Å². The van der Waals surface area contributed by atoms with Crippen molar-refractivity contribution in [3.63, 3.8) is 0 Å². The van der Waals surface area contributed by atoms with Crippen molar-refractivity contribution < 1.29 is 17.9 Å². The Labute approximate surface area is 104 Å². The molecule has 0 unspecified atom stereocenters. The van der Waals surface area contributed by atoms with Crippen LogP contribution in [-0.4, -0.2) is 11.1 Å². The Kier molecular flexibility index (Phi) is 3.03. The molecule has 1 heterocycles. The Bertz CT molecular complexity index is 445. The maximum atomic E-state index is 12.8. The highest BCUT2D eigenvalue weighted by Crippen LogP contribution is 2.39. The largest absolute Gasteiger partial charge is 0.490 e. The lowest BCUT2D eigenvalue weighted by atomic mass is 9.91. The summed E-state index contributed by atoms with van der Waals surface area (Å²) in [5.41, 5.74) is -0.486. The molecule has 1 aromatic heterocycles. The molecule has 0 atom stereocenters. The summed E-state index contributed by atoms with van der Waals surface area (Å²) in [6.45, 7) is 5.72. The third-order valence-electron chi connectivity index (χ3n) is 2.76. The molecule has 2 nitrogen and oxygen atoms in total. The highest BCUT2D eigenvalue weighted by Gasteiger charge is 2.37. The van der Waals surface area contributed by atoms with E-state index in [2.05, 4.69) is 4.98 Å². The van der Waals surface area contributed by atoms with Gasteiger partial charge in [0.15, 0.2) is 0 Å². The first kappa shape index (κ1) is 13.2. The zero-order valence-electron chi connectivity index (χ0n) is 10.6. The molecule has 1 fully saturated rings. The van der Waals surface area contributed by atoms with Crippen LogP contribution < -0.4 is 4.74 Å². The molecule has 18 heavy (non-hydrogen) atoms. The fraction of sp³-hybridized carbons (Fsp3) is 0.615. The minimum absolute atomic E-state index is 0.0682. The summed E-state index contributed by atoms with van der Waals surface area (Å²) in [4.78, 5) is 3.90. The molecule has 1 aliphatic rings. The standard InChI is InChI=1S/C13H16F3NO/c1-12(2,3)11-6-10(18-8-4-5-8)9(7-17-11)13(14,15)16/h6-8H,4-5H2,1-3H3. The fourth-order valence-electron chi connectivity index (χ4n) is 1.52. The van der Waals surface area contributed by atoms with Crippen molar-refractivity contribution >= 4 is 0 Å². The minimum Gasteiger partial charge on any atom is -0.490 e. The van der Waals surface area contributed by atoms with Gasteiger partial charge in [0.1, 0.15) is 11.3 Å². The van der Waals surface area contributed by atoms with Crippen molar-refractivity contribution in [2.45, 2.75) is 51.3 Å². The van der Waals surface area contributed by atoms with E-state index in [4.69, 9.17) is 4.74 Å². The molecule has 0 saturated heterocycles. The molecule has 0 aliphatic heterocycles. The average Bonchev–Trinajstić information content (AvgIpc) is 2.98. The van der Waals surface area contributed by atoms with Gasteiger partial charge in [0.05, 0.1) is 6.10 Å². The van der Waals surface area contributed by atoms with Crippen molar-refractivity contribution in [3.8, 4) is 5.75 Å². The van der Waals surface area contributed by atoms with Crippen molar-refractivity contribution in [1.29, 1.82) is 0 Å². The van der Waals surface area contributed by atoms with Crippen molar-refractivity contribution in [3.05, 3.63) is 23.5 Å². The number of rotatable bonds is 2. The van der Waals surface area contributed by atoms with Crippen LogP contribution >= 0.6 is 0 Å². The van der Waals surface area contributed by atoms with Gasteiger partial charge in [-0.3, -0.25) is 4.98 Å². The summed E-state index contributed by atoms with van der Waals surface area (Å²) in [6, 6.07) is 1.42. The fourth-order valence-corrected chi connectivity index (χ4v) is 1.52. The molecule has 100 valence electrons. The maximum Gasteiger partial charge on any atom is 0.421 e. The third-order valence-corrected chi connectivity index (χ3v) is 2.76. The van der Waals surface area contributed by atoms with Crippen molar-refractivity contribution in [2.24, 2.45) is 0 Å². The molecule has 0 N–H and O–H groups in total. The topological polar surface area (TPSA) is 22.1 Å². The van der Waals surface area contributed by atoms with E-state index < -0.39 is 11.7 Å². The van der Waals surface area contributed by atoms with E-state index in [-0.39, 0.29) is 17.3 Å². The number of ether oxygens (including phenoxy) is 1. The molecule has 1 aromatic rings. The second-order valence-electron chi connectivity index (χ2n) is 5.63. The lowest BCUT2D eigenvalue weighted by Gasteiger charge is -2.21. The minimum atomic E-state index is -4.42. The van der Waals surface area contributed by atoms with Crippen LogP contribution in [0, 0.1) is 0 Å². The van der Waals surface area contributed by atoms with E-state index in [9.17, 15) is 13.2 Å². The van der Waals surface area contributed by atoms with Gasteiger partial charge >= 0.3 is 6.18 Å². The Morgan fingerprint density at radius 3 is 2.28 bits per heavy atom. The number of nitrogens with zero attached hydrogens (tertiary/aromatic N) is 1. The van der Waals surface area contributed by atoms with Crippen LogP contribution in [0.25, 0.3) is 0 Å². The number of aromatic nitrogens is 1. The van der Waals surface area contributed by atoms with Gasteiger partial charge in [-0.15, -0.1) is 0 Å². The van der Waals surface area contributed by atoms with Gasteiger partial charge in [-0.05, 0) is 12.8 Å². The van der Waals surface area contributed by atoms with E-state index in [1.54, 1.807) is 0 Å². The number of alkyl halides is 3. The first-order valence-corrected chi connectivity index (χ1v) is 5.92. The molecular formula is C13H16F3NO. The number of halogens is 3. The van der Waals surface area contributed by atoms with Gasteiger partial charge in [0.25, 0.3) is 0 Å². The molecule has 0 radical (unpaired) electrons. The summed E-state index contributed by atoms with van der Waals surface area (Å²) < 4.78 is 43.8. The SMILES string of the molecule is CC(C)(C)c1cc(OC2CC2)c(C(F)(F)F)cn1. The second-order valence-corrected chi connectivity index (χ2v) is 5.63. The normalized spacial score (nSPS) is 16.8. The van der Waals surface area contributed by atoms with Crippen LogP contribution in [-0.2, 0) is 11.6 Å². The van der Waals surface area contributed by atoms with E-state index in [1.165, 1.54) is 6.07 Å². The average molecular weight is 259 g/mol. The van der Waals surface area contributed by atoms with Gasteiger partial charge < -0.3 is 4.74 Å². The molecule has 0 amide bonds. The van der Waals surface area contributed by atoms with Gasteiger partial charge in [0, 0.05) is 23.4 Å². The monoisotopic (exact) mass is 259 g/mol. The molecule has 1 saturated carbocycles. The van der Waals surface area contributed by atoms with Crippen LogP contribution in [0.15, 0.2) is 12.3 Å². The van der Waals surface area contributed by atoms with E-state index >= 15 is 0 Å². The Hall–Kier alpha value is -1.26. The highest BCUT2D eigenvalue weighted by molar-refractivity contribution is 5.37. The smallest absolute Gasteiger partial charge is 0.421 e. The molecule has 1 aliphatic carbocycles. The highest BCUT2D eigenvalue weighted by atomic mass is 19.4. The van der Waals surface area contributed by atoms with E-state index in [0.29, 0.717) is 5.69 Å². The zero-order chi connectivity index (χ0) is 13.6. The first-order chi connectivity index (χ1) is 8.18. The third kappa shape index (κ3) is 2.94. The quantitative estimate of drug-likeness (QED) is 0.802. The van der Waals surface area contributed by atoms with Crippen LogP contribution in [0.5, 0.6) is 5.75 Å². The van der Waals surface area contributed by atoms with E-state index in [1.807, 2.05) is 20.8 Å². The van der Waals surface area contributed by atoms with Crippen LogP contribution in [0.2, 0.25) is 0 Å². The molecule has 0 bridgehead atoms. The maximum absolute atomic E-state index is 12.8. The Morgan fingerprint density at radius 2 is 1.83 bits per heavy atom. The van der Waals surface area contributed by atoms with Crippen molar-refractivity contribution in [1.82, 2.24) is 4.98 Å². The van der Waals surface area contributed by atoms with Crippen molar-refractivity contribution in [2.75, 3.05) is 0 Å². The summed E-state index contributed by atoms with van der Waals surface area (Å²) in [7, 11) is 0. The van der Waals surface area contributed by atoms with Gasteiger partial charge in [-0.25, -0.2) is 0 Å². The Balaban J connectivity index is 2.41. The predicted molar refractivity (Wildman–Crippen MR) is 61.6 cm³/mol.